The number of amides is 1. The maximum atomic E-state index is 12.1. The Morgan fingerprint density at radius 3 is 2.45 bits per heavy atom. The zero-order chi connectivity index (χ0) is 16.1. The average Bonchev–Trinajstić information content (AvgIpc) is 2.52. The van der Waals surface area contributed by atoms with Crippen molar-refractivity contribution in [2.24, 2.45) is 5.10 Å². The SMILES string of the molecule is CCc1ccc(/C(C)=N/NC(=O)c2ccc(C)cc2Cl)cc1. The third-order valence-electron chi connectivity index (χ3n) is 3.47. The Hall–Kier alpha value is -2.13. The first-order valence-electron chi connectivity index (χ1n) is 7.21. The van der Waals surface area contributed by atoms with Crippen LogP contribution in [0.15, 0.2) is 47.6 Å². The Morgan fingerprint density at radius 2 is 1.86 bits per heavy atom. The molecule has 0 fully saturated rings. The van der Waals surface area contributed by atoms with E-state index in [9.17, 15) is 4.79 Å². The van der Waals surface area contributed by atoms with Crippen LogP contribution in [0.1, 0.15) is 40.9 Å². The highest BCUT2D eigenvalue weighted by Gasteiger charge is 2.09. The molecule has 0 bridgehead atoms. The fourth-order valence-electron chi connectivity index (χ4n) is 2.05. The summed E-state index contributed by atoms with van der Waals surface area (Å²) in [4.78, 5) is 12.1. The van der Waals surface area contributed by atoms with Crippen molar-refractivity contribution in [3.8, 4) is 0 Å². The normalized spacial score (nSPS) is 11.4. The molecule has 114 valence electrons. The van der Waals surface area contributed by atoms with Crippen LogP contribution in [0.25, 0.3) is 0 Å². The average molecular weight is 315 g/mol. The minimum Gasteiger partial charge on any atom is -0.267 e. The molecule has 0 atom stereocenters. The van der Waals surface area contributed by atoms with Crippen LogP contribution < -0.4 is 5.43 Å². The number of carbonyl (C=O) groups excluding carboxylic acids is 1. The molecule has 0 saturated carbocycles. The Kier molecular flexibility index (Phi) is 5.34. The van der Waals surface area contributed by atoms with Crippen molar-refractivity contribution >= 4 is 23.2 Å². The molecule has 2 rings (SSSR count). The van der Waals surface area contributed by atoms with Crippen LogP contribution in [-0.2, 0) is 6.42 Å². The predicted molar refractivity (Wildman–Crippen MR) is 91.7 cm³/mol. The van der Waals surface area contributed by atoms with Crippen molar-refractivity contribution in [1.82, 2.24) is 5.43 Å². The first-order valence-corrected chi connectivity index (χ1v) is 7.59. The molecule has 0 aliphatic carbocycles. The largest absolute Gasteiger partial charge is 0.272 e. The topological polar surface area (TPSA) is 41.5 Å². The second kappa shape index (κ2) is 7.23. The van der Waals surface area contributed by atoms with Crippen molar-refractivity contribution in [3.63, 3.8) is 0 Å². The smallest absolute Gasteiger partial charge is 0.267 e. The standard InChI is InChI=1S/C18H19ClN2O/c1-4-14-6-8-15(9-7-14)13(3)20-21-18(22)16-10-5-12(2)11-17(16)19/h5-11H,4H2,1-3H3,(H,21,22)/b20-13+. The van der Waals surface area contributed by atoms with Gasteiger partial charge < -0.3 is 0 Å². The predicted octanol–water partition coefficient (Wildman–Crippen LogP) is 4.36. The van der Waals surface area contributed by atoms with Crippen molar-refractivity contribution in [2.45, 2.75) is 27.2 Å². The van der Waals surface area contributed by atoms with Gasteiger partial charge in [-0.3, -0.25) is 4.79 Å². The maximum Gasteiger partial charge on any atom is 0.272 e. The Labute approximate surface area is 136 Å². The molecule has 0 aromatic heterocycles. The highest BCUT2D eigenvalue weighted by atomic mass is 35.5. The molecule has 0 saturated heterocycles. The summed E-state index contributed by atoms with van der Waals surface area (Å²) in [6.45, 7) is 5.90. The quantitative estimate of drug-likeness (QED) is 0.661. The van der Waals surface area contributed by atoms with Crippen LogP contribution in [-0.4, -0.2) is 11.6 Å². The van der Waals surface area contributed by atoms with Gasteiger partial charge in [-0.05, 0) is 49.1 Å². The molecular weight excluding hydrogens is 296 g/mol. The van der Waals surface area contributed by atoms with E-state index in [-0.39, 0.29) is 5.91 Å². The van der Waals surface area contributed by atoms with Gasteiger partial charge in [-0.1, -0.05) is 48.9 Å². The molecule has 22 heavy (non-hydrogen) atoms. The molecule has 0 aliphatic rings. The number of aryl methyl sites for hydroxylation is 2. The number of rotatable bonds is 4. The van der Waals surface area contributed by atoms with E-state index in [1.165, 1.54) is 5.56 Å². The minimum atomic E-state index is -0.311. The Balaban J connectivity index is 2.10. The van der Waals surface area contributed by atoms with Crippen LogP contribution in [0.2, 0.25) is 5.02 Å². The number of benzene rings is 2. The van der Waals surface area contributed by atoms with E-state index < -0.39 is 0 Å². The molecule has 0 unspecified atom stereocenters. The van der Waals surface area contributed by atoms with Crippen LogP contribution in [0, 0.1) is 6.92 Å². The van der Waals surface area contributed by atoms with Crippen molar-refractivity contribution < 1.29 is 4.79 Å². The van der Waals surface area contributed by atoms with Gasteiger partial charge in [0.2, 0.25) is 0 Å². The highest BCUT2D eigenvalue weighted by molar-refractivity contribution is 6.33. The van der Waals surface area contributed by atoms with Crippen LogP contribution in [0.3, 0.4) is 0 Å². The van der Waals surface area contributed by atoms with Gasteiger partial charge in [-0.2, -0.15) is 5.10 Å². The molecule has 4 heteroatoms. The molecule has 1 N–H and O–H groups in total. The summed E-state index contributed by atoms with van der Waals surface area (Å²) in [6, 6.07) is 13.4. The molecule has 2 aromatic rings. The number of nitrogens with one attached hydrogen (secondary N) is 1. The van der Waals surface area contributed by atoms with Crippen LogP contribution in [0.5, 0.6) is 0 Å². The summed E-state index contributed by atoms with van der Waals surface area (Å²) < 4.78 is 0. The molecule has 0 radical (unpaired) electrons. The zero-order valence-corrected chi connectivity index (χ0v) is 13.7. The summed E-state index contributed by atoms with van der Waals surface area (Å²) in [6.07, 6.45) is 0.999. The first-order chi connectivity index (χ1) is 10.5. The van der Waals surface area contributed by atoms with Gasteiger partial charge in [0.05, 0.1) is 16.3 Å². The third-order valence-corrected chi connectivity index (χ3v) is 3.79. The lowest BCUT2D eigenvalue weighted by Crippen LogP contribution is -2.19. The third kappa shape index (κ3) is 3.95. The molecule has 1 amide bonds. The Morgan fingerprint density at radius 1 is 1.18 bits per heavy atom. The monoisotopic (exact) mass is 314 g/mol. The molecule has 3 nitrogen and oxygen atoms in total. The fourth-order valence-corrected chi connectivity index (χ4v) is 2.37. The second-order valence-electron chi connectivity index (χ2n) is 5.17. The van der Waals surface area contributed by atoms with Gasteiger partial charge in [0.15, 0.2) is 0 Å². The number of carbonyl (C=O) groups is 1. The van der Waals surface area contributed by atoms with Crippen molar-refractivity contribution in [1.29, 1.82) is 0 Å². The second-order valence-corrected chi connectivity index (χ2v) is 5.58. The van der Waals surface area contributed by atoms with Crippen molar-refractivity contribution in [2.75, 3.05) is 0 Å². The van der Waals surface area contributed by atoms with E-state index in [2.05, 4.69) is 29.6 Å². The summed E-state index contributed by atoms with van der Waals surface area (Å²) in [7, 11) is 0. The van der Waals surface area contributed by atoms with Gasteiger partial charge >= 0.3 is 0 Å². The number of hydrogen-bond acceptors (Lipinski definition) is 2. The van der Waals surface area contributed by atoms with E-state index in [1.807, 2.05) is 32.0 Å². The van der Waals surface area contributed by atoms with E-state index in [4.69, 9.17) is 11.6 Å². The van der Waals surface area contributed by atoms with Crippen LogP contribution >= 0.6 is 11.6 Å². The molecule has 0 aliphatic heterocycles. The van der Waals surface area contributed by atoms with E-state index >= 15 is 0 Å². The summed E-state index contributed by atoms with van der Waals surface area (Å²) >= 11 is 6.08. The first kappa shape index (κ1) is 16.2. The summed E-state index contributed by atoms with van der Waals surface area (Å²) in [5, 5.41) is 4.58. The summed E-state index contributed by atoms with van der Waals surface area (Å²) in [5.41, 5.74) is 6.98. The number of hydrazone groups is 1. The van der Waals surface area contributed by atoms with Gasteiger partial charge in [-0.25, -0.2) is 5.43 Å². The van der Waals surface area contributed by atoms with Crippen LogP contribution in [0.4, 0.5) is 0 Å². The lowest BCUT2D eigenvalue weighted by Gasteiger charge is -2.06. The number of halogens is 1. The number of nitrogens with zero attached hydrogens (tertiary/aromatic N) is 1. The highest BCUT2D eigenvalue weighted by Crippen LogP contribution is 2.17. The lowest BCUT2D eigenvalue weighted by atomic mass is 10.1. The van der Waals surface area contributed by atoms with E-state index in [0.717, 1.165) is 23.3 Å². The maximum absolute atomic E-state index is 12.1. The van der Waals surface area contributed by atoms with E-state index in [0.29, 0.717) is 10.6 Å². The number of hydrogen-bond donors (Lipinski definition) is 1. The minimum absolute atomic E-state index is 0.311. The van der Waals surface area contributed by atoms with Gasteiger partial charge in [0.25, 0.3) is 5.91 Å². The molecular formula is C18H19ClN2O. The molecule has 0 spiro atoms. The Bertz CT molecular complexity index is 706. The molecule has 0 heterocycles. The lowest BCUT2D eigenvalue weighted by molar-refractivity contribution is 0.0955. The van der Waals surface area contributed by atoms with Crippen molar-refractivity contribution in [3.05, 3.63) is 69.7 Å². The van der Waals surface area contributed by atoms with Gasteiger partial charge in [0, 0.05) is 0 Å². The van der Waals surface area contributed by atoms with Gasteiger partial charge in [0.1, 0.15) is 0 Å². The van der Waals surface area contributed by atoms with E-state index in [1.54, 1.807) is 12.1 Å². The van der Waals surface area contributed by atoms with Gasteiger partial charge in [-0.15, -0.1) is 0 Å². The summed E-state index contributed by atoms with van der Waals surface area (Å²) in [5.74, 6) is -0.311. The molecule has 2 aromatic carbocycles. The fraction of sp³-hybridized carbons (Fsp3) is 0.222. The zero-order valence-electron chi connectivity index (χ0n) is 13.0.